The minimum atomic E-state index is 0.0749. The van der Waals surface area contributed by atoms with Gasteiger partial charge in [-0.3, -0.25) is 4.90 Å². The van der Waals surface area contributed by atoms with Gasteiger partial charge in [0.05, 0.1) is 6.61 Å². The summed E-state index contributed by atoms with van der Waals surface area (Å²) in [6.45, 7) is 5.65. The van der Waals surface area contributed by atoms with Crippen LogP contribution in [0.3, 0.4) is 0 Å². The first-order chi connectivity index (χ1) is 8.86. The Morgan fingerprint density at radius 1 is 1.22 bits per heavy atom. The van der Waals surface area contributed by atoms with Gasteiger partial charge in [0.25, 0.3) is 0 Å². The van der Waals surface area contributed by atoms with Crippen LogP contribution in [-0.4, -0.2) is 47.7 Å². The number of hydrogen-bond donors (Lipinski definition) is 1. The molecule has 1 saturated carbocycles. The molecule has 0 unspecified atom stereocenters. The lowest BCUT2D eigenvalue weighted by Crippen LogP contribution is -2.47. The number of aromatic nitrogens is 1. The molecule has 0 atom stereocenters. The van der Waals surface area contributed by atoms with Gasteiger partial charge < -0.3 is 10.0 Å². The maximum atomic E-state index is 9.35. The van der Waals surface area contributed by atoms with E-state index >= 15 is 0 Å². The molecule has 0 aromatic carbocycles. The Bertz CT molecular complexity index is 398. The van der Waals surface area contributed by atoms with Crippen LogP contribution in [0.4, 0.5) is 5.82 Å². The summed E-state index contributed by atoms with van der Waals surface area (Å²) in [6, 6.07) is 3.84. The molecule has 4 nitrogen and oxygen atoms in total. The number of rotatable bonds is 4. The van der Waals surface area contributed by atoms with Crippen molar-refractivity contribution in [2.24, 2.45) is 5.92 Å². The largest absolute Gasteiger partial charge is 0.392 e. The first kappa shape index (κ1) is 11.9. The number of hydrogen-bond acceptors (Lipinski definition) is 4. The summed E-state index contributed by atoms with van der Waals surface area (Å²) in [5.74, 6) is 1.94. The highest BCUT2D eigenvalue weighted by Gasteiger charge is 2.27. The van der Waals surface area contributed by atoms with Crippen molar-refractivity contribution in [1.29, 1.82) is 0 Å². The van der Waals surface area contributed by atoms with Gasteiger partial charge in [-0.25, -0.2) is 4.98 Å². The Morgan fingerprint density at radius 2 is 2.00 bits per heavy atom. The first-order valence-corrected chi connectivity index (χ1v) is 6.89. The predicted octanol–water partition coefficient (Wildman–Crippen LogP) is 1.11. The lowest BCUT2D eigenvalue weighted by atomic mass is 10.2. The predicted molar refractivity (Wildman–Crippen MR) is 71.5 cm³/mol. The Morgan fingerprint density at radius 3 is 2.67 bits per heavy atom. The minimum Gasteiger partial charge on any atom is -0.392 e. The van der Waals surface area contributed by atoms with Crippen molar-refractivity contribution in [3.63, 3.8) is 0 Å². The Kier molecular flexibility index (Phi) is 3.48. The summed E-state index contributed by atoms with van der Waals surface area (Å²) in [5.41, 5.74) is 0.938. The number of nitrogens with zero attached hydrogens (tertiary/aromatic N) is 3. The van der Waals surface area contributed by atoms with Crippen molar-refractivity contribution in [1.82, 2.24) is 9.88 Å². The minimum absolute atomic E-state index is 0.0749. The van der Waals surface area contributed by atoms with E-state index in [1.165, 1.54) is 19.4 Å². The van der Waals surface area contributed by atoms with Gasteiger partial charge in [0.15, 0.2) is 0 Å². The molecule has 1 aliphatic carbocycles. The number of pyridine rings is 1. The quantitative estimate of drug-likeness (QED) is 0.865. The van der Waals surface area contributed by atoms with E-state index in [1.807, 2.05) is 18.3 Å². The Balaban J connectivity index is 1.60. The molecule has 0 spiro atoms. The van der Waals surface area contributed by atoms with Crippen LogP contribution in [0.25, 0.3) is 0 Å². The second-order valence-electron chi connectivity index (χ2n) is 5.38. The molecule has 2 aliphatic rings. The van der Waals surface area contributed by atoms with E-state index in [0.717, 1.165) is 43.5 Å². The fraction of sp³-hybridized carbons (Fsp3) is 0.643. The number of aliphatic hydroxyl groups excluding tert-OH is 1. The zero-order valence-electron chi connectivity index (χ0n) is 10.8. The lowest BCUT2D eigenvalue weighted by molar-refractivity contribution is 0.246. The fourth-order valence-corrected chi connectivity index (χ4v) is 2.65. The van der Waals surface area contributed by atoms with E-state index in [1.54, 1.807) is 0 Å². The van der Waals surface area contributed by atoms with Gasteiger partial charge in [-0.15, -0.1) is 0 Å². The normalized spacial score (nSPS) is 21.3. The van der Waals surface area contributed by atoms with Gasteiger partial charge in [-0.1, -0.05) is 6.07 Å². The van der Waals surface area contributed by atoms with Gasteiger partial charge in [-0.05, 0) is 24.8 Å². The lowest BCUT2D eigenvalue weighted by Gasteiger charge is -2.36. The highest BCUT2D eigenvalue weighted by molar-refractivity contribution is 5.46. The molecule has 3 rings (SSSR count). The molecule has 18 heavy (non-hydrogen) atoms. The van der Waals surface area contributed by atoms with E-state index in [-0.39, 0.29) is 6.61 Å². The van der Waals surface area contributed by atoms with Gasteiger partial charge >= 0.3 is 0 Å². The molecule has 1 aliphatic heterocycles. The van der Waals surface area contributed by atoms with Gasteiger partial charge in [0, 0.05) is 44.5 Å². The molecule has 98 valence electrons. The summed E-state index contributed by atoms with van der Waals surface area (Å²) >= 11 is 0. The molecule has 4 heteroatoms. The third kappa shape index (κ3) is 2.65. The number of piperazine rings is 1. The van der Waals surface area contributed by atoms with E-state index in [2.05, 4.69) is 14.8 Å². The molecule has 1 aromatic rings. The molecule has 0 bridgehead atoms. The van der Waals surface area contributed by atoms with E-state index in [9.17, 15) is 5.11 Å². The smallest absolute Gasteiger partial charge is 0.134 e. The number of aliphatic hydroxyl groups is 1. The third-order valence-electron chi connectivity index (χ3n) is 3.92. The number of anilines is 1. The molecular formula is C14H21N3O. The molecular weight excluding hydrogens is 226 g/mol. The van der Waals surface area contributed by atoms with Crippen LogP contribution >= 0.6 is 0 Å². The van der Waals surface area contributed by atoms with Crippen LogP contribution in [0.15, 0.2) is 18.3 Å². The molecule has 1 N–H and O–H groups in total. The second-order valence-corrected chi connectivity index (χ2v) is 5.38. The summed E-state index contributed by atoms with van der Waals surface area (Å²) in [4.78, 5) is 9.28. The fourth-order valence-electron chi connectivity index (χ4n) is 2.65. The molecule has 2 fully saturated rings. The third-order valence-corrected chi connectivity index (χ3v) is 3.92. The molecule has 1 saturated heterocycles. The van der Waals surface area contributed by atoms with Crippen LogP contribution in [-0.2, 0) is 6.61 Å². The van der Waals surface area contributed by atoms with Crippen LogP contribution in [0.5, 0.6) is 0 Å². The van der Waals surface area contributed by atoms with Crippen molar-refractivity contribution >= 4 is 5.82 Å². The first-order valence-electron chi connectivity index (χ1n) is 6.89. The van der Waals surface area contributed by atoms with Crippen molar-refractivity contribution in [3.8, 4) is 0 Å². The standard InChI is InChI=1S/C14H21N3O/c18-11-13-2-1-5-15-14(13)17-8-6-16(7-9-17)10-12-3-4-12/h1-2,5,12,18H,3-4,6-11H2. The maximum Gasteiger partial charge on any atom is 0.134 e. The van der Waals surface area contributed by atoms with Gasteiger partial charge in [0.2, 0.25) is 0 Å². The average Bonchev–Trinajstić information content (AvgIpc) is 3.24. The van der Waals surface area contributed by atoms with E-state index < -0.39 is 0 Å². The molecule has 1 aromatic heterocycles. The molecule has 0 amide bonds. The highest BCUT2D eigenvalue weighted by Crippen LogP contribution is 2.30. The van der Waals surface area contributed by atoms with Crippen molar-refractivity contribution in [2.45, 2.75) is 19.4 Å². The van der Waals surface area contributed by atoms with Crippen LogP contribution in [0, 0.1) is 5.92 Å². The summed E-state index contributed by atoms with van der Waals surface area (Å²) in [5, 5.41) is 9.35. The SMILES string of the molecule is OCc1cccnc1N1CCN(CC2CC2)CC1. The summed E-state index contributed by atoms with van der Waals surface area (Å²) in [7, 11) is 0. The Labute approximate surface area is 108 Å². The maximum absolute atomic E-state index is 9.35. The Hall–Kier alpha value is -1.13. The van der Waals surface area contributed by atoms with Crippen molar-refractivity contribution in [2.75, 3.05) is 37.6 Å². The second kappa shape index (κ2) is 5.24. The average molecular weight is 247 g/mol. The zero-order valence-corrected chi connectivity index (χ0v) is 10.8. The van der Waals surface area contributed by atoms with Crippen LogP contribution in [0.1, 0.15) is 18.4 Å². The summed E-state index contributed by atoms with van der Waals surface area (Å²) in [6.07, 6.45) is 4.66. The summed E-state index contributed by atoms with van der Waals surface area (Å²) < 4.78 is 0. The van der Waals surface area contributed by atoms with E-state index in [0.29, 0.717) is 0 Å². The van der Waals surface area contributed by atoms with Crippen molar-refractivity contribution in [3.05, 3.63) is 23.9 Å². The monoisotopic (exact) mass is 247 g/mol. The molecule has 0 radical (unpaired) electrons. The molecule has 2 heterocycles. The van der Waals surface area contributed by atoms with Crippen LogP contribution < -0.4 is 4.90 Å². The topological polar surface area (TPSA) is 39.6 Å². The van der Waals surface area contributed by atoms with Crippen LogP contribution in [0.2, 0.25) is 0 Å². The van der Waals surface area contributed by atoms with E-state index in [4.69, 9.17) is 0 Å². The van der Waals surface area contributed by atoms with Gasteiger partial charge in [-0.2, -0.15) is 0 Å². The van der Waals surface area contributed by atoms with Gasteiger partial charge in [0.1, 0.15) is 5.82 Å². The zero-order chi connectivity index (χ0) is 12.4. The highest BCUT2D eigenvalue weighted by atomic mass is 16.3. The van der Waals surface area contributed by atoms with Crippen molar-refractivity contribution < 1.29 is 5.11 Å².